The van der Waals surface area contributed by atoms with Gasteiger partial charge >= 0.3 is 0 Å². The molecule has 1 saturated carbocycles. The van der Waals surface area contributed by atoms with Crippen LogP contribution in [-0.2, 0) is 4.79 Å². The minimum atomic E-state index is -0.360. The van der Waals surface area contributed by atoms with Gasteiger partial charge in [0.05, 0.1) is 26.2 Å². The first-order chi connectivity index (χ1) is 15.7. The Balaban J connectivity index is 1.68. The maximum absolute atomic E-state index is 13.8. The summed E-state index contributed by atoms with van der Waals surface area (Å²) in [5.41, 5.74) is 3.05. The predicted octanol–water partition coefficient (Wildman–Crippen LogP) is 5.88. The van der Waals surface area contributed by atoms with Crippen molar-refractivity contribution in [2.24, 2.45) is 5.92 Å². The molecule has 0 radical (unpaired) electrons. The molecule has 1 fully saturated rings. The molecule has 1 N–H and O–H groups in total. The lowest BCUT2D eigenvalue weighted by Gasteiger charge is -2.28. The molecule has 0 heterocycles. The summed E-state index contributed by atoms with van der Waals surface area (Å²) in [7, 11) is 3.28. The highest BCUT2D eigenvalue weighted by Crippen LogP contribution is 2.39. The number of hydrogen-bond acceptors (Lipinski definition) is 3. The van der Waals surface area contributed by atoms with Gasteiger partial charge in [-0.3, -0.25) is 4.79 Å². The number of methoxy groups -OCH3 is 2. The fourth-order valence-corrected chi connectivity index (χ4v) is 4.83. The van der Waals surface area contributed by atoms with Crippen LogP contribution in [0.2, 0.25) is 0 Å². The maximum Gasteiger partial charge on any atom is 0.232 e. The van der Waals surface area contributed by atoms with Crippen molar-refractivity contribution in [1.82, 2.24) is 5.32 Å². The smallest absolute Gasteiger partial charge is 0.232 e. The second kappa shape index (κ2) is 10.4. The molecule has 0 aromatic heterocycles. The van der Waals surface area contributed by atoms with Gasteiger partial charge in [-0.15, -0.1) is 0 Å². The molecule has 166 valence electrons. The van der Waals surface area contributed by atoms with E-state index in [2.05, 4.69) is 5.32 Å². The van der Waals surface area contributed by atoms with Crippen molar-refractivity contribution in [2.45, 2.75) is 37.6 Å². The van der Waals surface area contributed by atoms with E-state index in [1.165, 1.54) is 12.8 Å². The zero-order chi connectivity index (χ0) is 22.3. The third-order valence-electron chi connectivity index (χ3n) is 6.46. The summed E-state index contributed by atoms with van der Waals surface area (Å²) in [6.07, 6.45) is 4.62. The Labute approximate surface area is 190 Å². The van der Waals surface area contributed by atoms with Crippen LogP contribution >= 0.6 is 0 Å². The Morgan fingerprint density at radius 1 is 0.781 bits per heavy atom. The molecular formula is C28H31NO3. The average molecular weight is 430 g/mol. The molecule has 0 spiro atoms. The molecule has 3 aromatic carbocycles. The fraction of sp³-hybridized carbons (Fsp3) is 0.321. The van der Waals surface area contributed by atoms with Gasteiger partial charge in [0.15, 0.2) is 11.5 Å². The first-order valence-electron chi connectivity index (χ1n) is 11.3. The molecule has 1 aliphatic rings. The number of rotatable bonds is 8. The quantitative estimate of drug-likeness (QED) is 0.486. The van der Waals surface area contributed by atoms with Crippen molar-refractivity contribution in [3.8, 4) is 11.5 Å². The zero-order valence-corrected chi connectivity index (χ0v) is 18.8. The Kier molecular flexibility index (Phi) is 7.10. The highest BCUT2D eigenvalue weighted by Gasteiger charge is 2.31. The molecule has 4 rings (SSSR count). The van der Waals surface area contributed by atoms with Gasteiger partial charge in [-0.2, -0.15) is 0 Å². The lowest BCUT2D eigenvalue weighted by atomic mass is 9.87. The Morgan fingerprint density at radius 3 is 1.88 bits per heavy atom. The highest BCUT2D eigenvalue weighted by atomic mass is 16.5. The molecule has 32 heavy (non-hydrogen) atoms. The number of ether oxygens (including phenoxy) is 2. The summed E-state index contributed by atoms with van der Waals surface area (Å²) in [6.45, 7) is 0. The first kappa shape index (κ1) is 21.9. The lowest BCUT2D eigenvalue weighted by molar-refractivity contribution is -0.122. The van der Waals surface area contributed by atoms with Crippen LogP contribution in [0.3, 0.4) is 0 Å². The molecule has 1 unspecified atom stereocenters. The number of nitrogens with one attached hydrogen (secondary N) is 1. The molecule has 3 aromatic rings. The number of carbonyl (C=O) groups is 1. The van der Waals surface area contributed by atoms with Gasteiger partial charge in [-0.1, -0.05) is 79.6 Å². The van der Waals surface area contributed by atoms with Crippen LogP contribution in [0.25, 0.3) is 0 Å². The van der Waals surface area contributed by atoms with Crippen molar-refractivity contribution >= 4 is 5.91 Å². The van der Waals surface area contributed by atoms with E-state index in [4.69, 9.17) is 9.47 Å². The predicted molar refractivity (Wildman–Crippen MR) is 127 cm³/mol. The summed E-state index contributed by atoms with van der Waals surface area (Å²) in [5, 5.41) is 3.43. The second-order valence-corrected chi connectivity index (χ2v) is 8.40. The van der Waals surface area contributed by atoms with Crippen LogP contribution in [0, 0.1) is 5.92 Å². The van der Waals surface area contributed by atoms with Crippen LogP contribution in [0.5, 0.6) is 11.5 Å². The number of hydrogen-bond donors (Lipinski definition) is 1. The largest absolute Gasteiger partial charge is 0.493 e. The van der Waals surface area contributed by atoms with Crippen LogP contribution in [-0.4, -0.2) is 20.1 Å². The standard InChI is InChI=1S/C28H31NO3/c1-31-24-18-17-23(19-25(24)32-2)27(22-15-9-10-16-22)29-28(30)26(20-11-5-3-6-12-20)21-13-7-4-8-14-21/h3-8,11-14,17-19,22,26-27H,9-10,15-16H2,1-2H3,(H,29,30). The normalized spacial score (nSPS) is 14.8. The zero-order valence-electron chi connectivity index (χ0n) is 18.8. The van der Waals surface area contributed by atoms with Gasteiger partial charge < -0.3 is 14.8 Å². The van der Waals surface area contributed by atoms with Crippen LogP contribution in [0.4, 0.5) is 0 Å². The lowest BCUT2D eigenvalue weighted by Crippen LogP contribution is -2.36. The van der Waals surface area contributed by atoms with Crippen molar-refractivity contribution in [1.29, 1.82) is 0 Å². The minimum Gasteiger partial charge on any atom is -0.493 e. The molecule has 4 heteroatoms. The van der Waals surface area contributed by atoms with Crippen LogP contribution in [0.15, 0.2) is 78.9 Å². The summed E-state index contributed by atoms with van der Waals surface area (Å²) in [6, 6.07) is 25.9. The van der Waals surface area contributed by atoms with E-state index in [1.54, 1.807) is 14.2 Å². The Morgan fingerprint density at radius 2 is 1.34 bits per heavy atom. The van der Waals surface area contributed by atoms with Crippen LogP contribution < -0.4 is 14.8 Å². The number of benzene rings is 3. The average Bonchev–Trinajstić information content (AvgIpc) is 3.38. The van der Waals surface area contributed by atoms with Crippen molar-refractivity contribution in [2.75, 3.05) is 14.2 Å². The number of carbonyl (C=O) groups excluding carboxylic acids is 1. The topological polar surface area (TPSA) is 47.6 Å². The van der Waals surface area contributed by atoms with Gasteiger partial charge in [0, 0.05) is 0 Å². The summed E-state index contributed by atoms with van der Waals surface area (Å²) in [5.74, 6) is 1.45. The Hall–Kier alpha value is -3.27. The fourth-order valence-electron chi connectivity index (χ4n) is 4.83. The van der Waals surface area contributed by atoms with Gasteiger partial charge in [-0.25, -0.2) is 0 Å². The molecule has 1 amide bonds. The molecule has 1 atom stereocenters. The van der Waals surface area contributed by atoms with Crippen molar-refractivity contribution < 1.29 is 14.3 Å². The van der Waals surface area contributed by atoms with E-state index in [0.717, 1.165) is 29.5 Å². The number of amides is 1. The van der Waals surface area contributed by atoms with Crippen LogP contribution in [0.1, 0.15) is 54.3 Å². The third kappa shape index (κ3) is 4.80. The Bertz CT molecular complexity index is 974. The molecule has 0 bridgehead atoms. The molecular weight excluding hydrogens is 398 g/mol. The van der Waals surface area contributed by atoms with Gasteiger partial charge in [0.2, 0.25) is 5.91 Å². The van der Waals surface area contributed by atoms with E-state index in [1.807, 2.05) is 78.9 Å². The molecule has 1 aliphatic carbocycles. The summed E-state index contributed by atoms with van der Waals surface area (Å²) in [4.78, 5) is 13.8. The molecule has 0 aliphatic heterocycles. The highest BCUT2D eigenvalue weighted by molar-refractivity contribution is 5.87. The van der Waals surface area contributed by atoms with E-state index in [0.29, 0.717) is 17.4 Å². The van der Waals surface area contributed by atoms with Crippen molar-refractivity contribution in [3.63, 3.8) is 0 Å². The van der Waals surface area contributed by atoms with E-state index in [-0.39, 0.29) is 17.9 Å². The summed E-state index contributed by atoms with van der Waals surface area (Å²) >= 11 is 0. The van der Waals surface area contributed by atoms with Gasteiger partial charge in [-0.05, 0) is 47.6 Å². The maximum atomic E-state index is 13.8. The van der Waals surface area contributed by atoms with Crippen molar-refractivity contribution in [3.05, 3.63) is 95.6 Å². The van der Waals surface area contributed by atoms with E-state index >= 15 is 0 Å². The van der Waals surface area contributed by atoms with E-state index < -0.39 is 0 Å². The van der Waals surface area contributed by atoms with Gasteiger partial charge in [0.25, 0.3) is 0 Å². The summed E-state index contributed by atoms with van der Waals surface area (Å²) < 4.78 is 11.0. The minimum absolute atomic E-state index is 0.0223. The SMILES string of the molecule is COc1ccc(C(NC(=O)C(c2ccccc2)c2ccccc2)C2CCCC2)cc1OC. The third-order valence-corrected chi connectivity index (χ3v) is 6.46. The van der Waals surface area contributed by atoms with E-state index in [9.17, 15) is 4.79 Å². The first-order valence-corrected chi connectivity index (χ1v) is 11.3. The van der Waals surface area contributed by atoms with Gasteiger partial charge in [0.1, 0.15) is 0 Å². The molecule has 0 saturated heterocycles. The molecule has 4 nitrogen and oxygen atoms in total. The second-order valence-electron chi connectivity index (χ2n) is 8.40. The monoisotopic (exact) mass is 429 g/mol.